The zero-order chi connectivity index (χ0) is 23.2. The highest BCUT2D eigenvalue weighted by Crippen LogP contribution is 2.26. The summed E-state index contributed by atoms with van der Waals surface area (Å²) < 4.78 is 29.1. The molecule has 0 aliphatic carbocycles. The van der Waals surface area contributed by atoms with Crippen LogP contribution in [-0.4, -0.2) is 43.9 Å². The molecule has 1 N–H and O–H groups in total. The summed E-state index contributed by atoms with van der Waals surface area (Å²) in [6.45, 7) is 5.13. The average molecular weight is 472 g/mol. The molecule has 1 aliphatic heterocycles. The molecule has 2 heterocycles. The molecule has 1 saturated heterocycles. The van der Waals surface area contributed by atoms with Crippen molar-refractivity contribution in [3.8, 4) is 0 Å². The number of piperidine rings is 1. The van der Waals surface area contributed by atoms with E-state index in [-0.39, 0.29) is 5.69 Å². The van der Waals surface area contributed by atoms with E-state index in [4.69, 9.17) is 0 Å². The van der Waals surface area contributed by atoms with Crippen LogP contribution < -0.4 is 5.32 Å². The summed E-state index contributed by atoms with van der Waals surface area (Å²) in [6.07, 6.45) is 3.63. The fraction of sp³-hybridized carbons (Fsp3) is 0.375. The highest BCUT2D eigenvalue weighted by atomic mass is 32.2. The lowest BCUT2D eigenvalue weighted by molar-refractivity contribution is -0.115. The molecule has 0 radical (unpaired) electrons. The third-order valence-electron chi connectivity index (χ3n) is 5.63. The molecule has 1 fully saturated rings. The van der Waals surface area contributed by atoms with Crippen LogP contribution in [0.2, 0.25) is 0 Å². The summed E-state index contributed by atoms with van der Waals surface area (Å²) in [5.74, 6) is -1.03. The Kier molecular flexibility index (Phi) is 7.72. The van der Waals surface area contributed by atoms with Crippen molar-refractivity contribution in [2.45, 2.75) is 49.7 Å². The van der Waals surface area contributed by atoms with Crippen molar-refractivity contribution in [1.29, 1.82) is 0 Å². The van der Waals surface area contributed by atoms with Gasteiger partial charge in [0.15, 0.2) is 5.16 Å². The van der Waals surface area contributed by atoms with Gasteiger partial charge in [-0.3, -0.25) is 9.69 Å². The van der Waals surface area contributed by atoms with Crippen molar-refractivity contribution in [1.82, 2.24) is 19.7 Å². The van der Waals surface area contributed by atoms with Gasteiger partial charge in [-0.05, 0) is 50.6 Å². The molecule has 0 saturated carbocycles. The van der Waals surface area contributed by atoms with Crippen LogP contribution in [0.15, 0.2) is 53.7 Å². The Morgan fingerprint density at radius 3 is 2.55 bits per heavy atom. The van der Waals surface area contributed by atoms with Crippen molar-refractivity contribution < 1.29 is 13.6 Å². The second-order valence-electron chi connectivity index (χ2n) is 8.18. The van der Waals surface area contributed by atoms with Gasteiger partial charge in [0.1, 0.15) is 17.5 Å². The first kappa shape index (κ1) is 23.4. The molecule has 6 nitrogen and oxygen atoms in total. The summed E-state index contributed by atoms with van der Waals surface area (Å²) in [6, 6.07) is 13.1. The third-order valence-corrected chi connectivity index (χ3v) is 6.71. The maximum absolute atomic E-state index is 13.9. The lowest BCUT2D eigenvalue weighted by Crippen LogP contribution is -2.30. The number of likely N-dealkylation sites (tertiary alicyclic amines) is 1. The Morgan fingerprint density at radius 1 is 1.06 bits per heavy atom. The van der Waals surface area contributed by atoms with Crippen LogP contribution in [0.1, 0.15) is 37.6 Å². The molecule has 1 atom stereocenters. The van der Waals surface area contributed by atoms with Gasteiger partial charge in [-0.25, -0.2) is 8.78 Å². The van der Waals surface area contributed by atoms with Crippen LogP contribution in [0.25, 0.3) is 0 Å². The van der Waals surface area contributed by atoms with Gasteiger partial charge in [0, 0.05) is 6.07 Å². The minimum atomic E-state index is -0.809. The predicted molar refractivity (Wildman–Crippen MR) is 125 cm³/mol. The second kappa shape index (κ2) is 10.9. The zero-order valence-electron chi connectivity index (χ0n) is 18.5. The van der Waals surface area contributed by atoms with Crippen molar-refractivity contribution in [2.24, 2.45) is 0 Å². The second-order valence-corrected chi connectivity index (χ2v) is 9.49. The van der Waals surface area contributed by atoms with Gasteiger partial charge in [-0.1, -0.05) is 48.5 Å². The first-order valence-electron chi connectivity index (χ1n) is 11.1. The quantitative estimate of drug-likeness (QED) is 0.482. The Labute approximate surface area is 196 Å². The summed E-state index contributed by atoms with van der Waals surface area (Å²) in [5.41, 5.74) is 1.06. The van der Waals surface area contributed by atoms with Crippen molar-refractivity contribution in [3.05, 3.63) is 71.6 Å². The molecule has 33 heavy (non-hydrogen) atoms. The number of rotatable bonds is 8. The van der Waals surface area contributed by atoms with Crippen molar-refractivity contribution >= 4 is 23.4 Å². The lowest BCUT2D eigenvalue weighted by Gasteiger charge is -2.26. The van der Waals surface area contributed by atoms with Gasteiger partial charge >= 0.3 is 0 Å². The molecular weight excluding hydrogens is 444 g/mol. The van der Waals surface area contributed by atoms with Crippen molar-refractivity contribution in [3.63, 3.8) is 0 Å². The predicted octanol–water partition coefficient (Wildman–Crippen LogP) is 4.71. The maximum Gasteiger partial charge on any atom is 0.237 e. The fourth-order valence-corrected chi connectivity index (χ4v) is 4.67. The molecule has 4 rings (SSSR count). The van der Waals surface area contributed by atoms with E-state index >= 15 is 0 Å². The van der Waals surface area contributed by atoms with Crippen LogP contribution >= 0.6 is 11.8 Å². The number of hydrogen-bond donors (Lipinski definition) is 1. The van der Waals surface area contributed by atoms with Crippen LogP contribution in [0.3, 0.4) is 0 Å². The number of nitrogens with one attached hydrogen (secondary N) is 1. The average Bonchev–Trinajstić information content (AvgIpc) is 3.17. The van der Waals surface area contributed by atoms with Gasteiger partial charge < -0.3 is 9.88 Å². The van der Waals surface area contributed by atoms with E-state index in [9.17, 15) is 13.6 Å². The number of aromatic nitrogens is 3. The number of anilines is 1. The standard InChI is InChI=1S/C24H27F2N5OS/c1-17(23(32)27-21-11-10-19(25)14-20(21)26)33-24-29-28-22(16-30-12-6-3-7-13-30)31(24)15-18-8-4-2-5-9-18/h2,4-5,8-11,14,17H,3,6-7,12-13,15-16H2,1H3,(H,27,32). The summed E-state index contributed by atoms with van der Waals surface area (Å²) in [7, 11) is 0. The molecule has 9 heteroatoms. The van der Waals surface area contributed by atoms with E-state index in [0.29, 0.717) is 18.2 Å². The molecular formula is C24H27F2N5OS. The van der Waals surface area contributed by atoms with E-state index < -0.39 is 22.8 Å². The van der Waals surface area contributed by atoms with Crippen LogP contribution in [0.4, 0.5) is 14.5 Å². The lowest BCUT2D eigenvalue weighted by atomic mass is 10.1. The monoisotopic (exact) mass is 471 g/mol. The number of halogens is 2. The Balaban J connectivity index is 1.50. The van der Waals surface area contributed by atoms with Gasteiger partial charge in [0.25, 0.3) is 0 Å². The van der Waals surface area contributed by atoms with Crippen LogP contribution in [0.5, 0.6) is 0 Å². The number of nitrogens with zero attached hydrogens (tertiary/aromatic N) is 4. The van der Waals surface area contributed by atoms with Gasteiger partial charge in [0.2, 0.25) is 5.91 Å². The molecule has 1 aliphatic rings. The molecule has 174 valence electrons. The maximum atomic E-state index is 13.9. The zero-order valence-corrected chi connectivity index (χ0v) is 19.3. The van der Waals surface area contributed by atoms with E-state index in [2.05, 4.69) is 25.0 Å². The minimum absolute atomic E-state index is 0.0506. The van der Waals surface area contributed by atoms with E-state index in [0.717, 1.165) is 36.6 Å². The number of carbonyl (C=O) groups excluding carboxylic acids is 1. The Bertz CT molecular complexity index is 1090. The number of carbonyl (C=O) groups is 1. The minimum Gasteiger partial charge on any atom is -0.323 e. The molecule has 2 aromatic carbocycles. The molecule has 0 bridgehead atoms. The molecule has 0 spiro atoms. The van der Waals surface area contributed by atoms with E-state index in [1.54, 1.807) is 6.92 Å². The number of amides is 1. The van der Waals surface area contributed by atoms with Crippen LogP contribution in [0, 0.1) is 11.6 Å². The Morgan fingerprint density at radius 2 is 1.82 bits per heavy atom. The number of thioether (sulfide) groups is 1. The summed E-state index contributed by atoms with van der Waals surface area (Å²) in [5, 5.41) is 11.4. The molecule has 1 aromatic heterocycles. The molecule has 1 amide bonds. The molecule has 1 unspecified atom stereocenters. The number of hydrogen-bond acceptors (Lipinski definition) is 5. The van der Waals surface area contributed by atoms with E-state index in [1.165, 1.54) is 37.1 Å². The SMILES string of the molecule is CC(Sc1nnc(CN2CCCCC2)n1Cc1ccccc1)C(=O)Nc1ccc(F)cc1F. The first-order chi connectivity index (χ1) is 16.0. The van der Waals surface area contributed by atoms with Gasteiger partial charge in [-0.15, -0.1) is 10.2 Å². The normalized spacial score (nSPS) is 15.4. The largest absolute Gasteiger partial charge is 0.323 e. The summed E-state index contributed by atoms with van der Waals surface area (Å²) >= 11 is 1.27. The van der Waals surface area contributed by atoms with Crippen molar-refractivity contribution in [2.75, 3.05) is 18.4 Å². The topological polar surface area (TPSA) is 63.1 Å². The van der Waals surface area contributed by atoms with Gasteiger partial charge in [0.05, 0.1) is 24.0 Å². The fourth-order valence-electron chi connectivity index (χ4n) is 3.80. The van der Waals surface area contributed by atoms with E-state index in [1.807, 2.05) is 30.3 Å². The number of benzene rings is 2. The third kappa shape index (κ3) is 6.17. The molecule has 3 aromatic rings. The first-order valence-corrected chi connectivity index (χ1v) is 12.0. The highest BCUT2D eigenvalue weighted by Gasteiger charge is 2.23. The highest BCUT2D eigenvalue weighted by molar-refractivity contribution is 8.00. The van der Waals surface area contributed by atoms with Crippen LogP contribution in [-0.2, 0) is 17.9 Å². The smallest absolute Gasteiger partial charge is 0.237 e. The summed E-state index contributed by atoms with van der Waals surface area (Å²) in [4.78, 5) is 15.1. The van der Waals surface area contributed by atoms with Gasteiger partial charge in [-0.2, -0.15) is 0 Å². The Hall–Kier alpha value is -2.78.